The van der Waals surface area contributed by atoms with Crippen LogP contribution < -0.4 is 4.74 Å². The Hall–Kier alpha value is -3.43. The third-order valence-corrected chi connectivity index (χ3v) is 5.13. The highest BCUT2D eigenvalue weighted by atomic mass is 35.5. The van der Waals surface area contributed by atoms with Crippen LogP contribution in [0.5, 0.6) is 5.75 Å². The molecule has 5 aromatic rings. The summed E-state index contributed by atoms with van der Waals surface area (Å²) in [6.07, 6.45) is 3.64. The van der Waals surface area contributed by atoms with E-state index >= 15 is 0 Å². The average molecular weight is 413 g/mol. The minimum absolute atomic E-state index is 0. The second-order valence-corrected chi connectivity index (χ2v) is 6.93. The summed E-state index contributed by atoms with van der Waals surface area (Å²) in [7, 11) is 0. The van der Waals surface area contributed by atoms with Crippen LogP contribution in [0.4, 0.5) is 0 Å². The first-order valence-corrected chi connectivity index (χ1v) is 9.79. The SMILES string of the molecule is CCOc1ccc(-c2cc(-c3cccnc3)nc3ccc4ccccc4c23)cc1.Cl. The molecule has 0 aliphatic heterocycles. The number of halogens is 1. The van der Waals surface area contributed by atoms with Crippen LogP contribution in [0, 0.1) is 0 Å². The van der Waals surface area contributed by atoms with E-state index in [4.69, 9.17) is 9.72 Å². The summed E-state index contributed by atoms with van der Waals surface area (Å²) >= 11 is 0. The molecule has 2 aromatic heterocycles. The lowest BCUT2D eigenvalue weighted by Crippen LogP contribution is -1.93. The van der Waals surface area contributed by atoms with Crippen molar-refractivity contribution in [2.45, 2.75) is 6.92 Å². The quantitative estimate of drug-likeness (QED) is 0.300. The topological polar surface area (TPSA) is 35.0 Å². The summed E-state index contributed by atoms with van der Waals surface area (Å²) in [4.78, 5) is 9.23. The van der Waals surface area contributed by atoms with E-state index in [-0.39, 0.29) is 12.4 Å². The van der Waals surface area contributed by atoms with Gasteiger partial charge in [0.05, 0.1) is 17.8 Å². The van der Waals surface area contributed by atoms with E-state index in [1.54, 1.807) is 6.20 Å². The summed E-state index contributed by atoms with van der Waals surface area (Å²) < 4.78 is 5.63. The maximum atomic E-state index is 5.63. The fraction of sp³-hybridized carbons (Fsp3) is 0.0769. The van der Waals surface area contributed by atoms with Crippen molar-refractivity contribution in [3.8, 4) is 28.1 Å². The summed E-state index contributed by atoms with van der Waals surface area (Å²) in [5.74, 6) is 0.881. The van der Waals surface area contributed by atoms with Gasteiger partial charge in [-0.3, -0.25) is 4.98 Å². The fourth-order valence-electron chi connectivity index (χ4n) is 3.79. The van der Waals surface area contributed by atoms with Gasteiger partial charge in [0.25, 0.3) is 0 Å². The lowest BCUT2D eigenvalue weighted by atomic mass is 9.95. The molecule has 0 fully saturated rings. The lowest BCUT2D eigenvalue weighted by molar-refractivity contribution is 0.340. The first kappa shape index (κ1) is 19.9. The van der Waals surface area contributed by atoms with Gasteiger partial charge in [-0.25, -0.2) is 4.98 Å². The predicted molar refractivity (Wildman–Crippen MR) is 126 cm³/mol. The Labute approximate surface area is 181 Å². The van der Waals surface area contributed by atoms with Gasteiger partial charge in [0.15, 0.2) is 0 Å². The van der Waals surface area contributed by atoms with Crippen molar-refractivity contribution in [3.05, 3.63) is 91.3 Å². The Balaban J connectivity index is 0.00000218. The summed E-state index contributed by atoms with van der Waals surface area (Å²) in [5, 5.41) is 3.59. The van der Waals surface area contributed by atoms with Crippen LogP contribution in [-0.2, 0) is 0 Å². The molecule has 5 rings (SSSR count). The summed E-state index contributed by atoms with van der Waals surface area (Å²) in [5.41, 5.74) is 5.21. The molecule has 0 atom stereocenters. The van der Waals surface area contributed by atoms with Gasteiger partial charge in [-0.05, 0) is 65.2 Å². The summed E-state index contributed by atoms with van der Waals surface area (Å²) in [6.45, 7) is 2.66. The van der Waals surface area contributed by atoms with E-state index in [9.17, 15) is 0 Å². The highest BCUT2D eigenvalue weighted by molar-refractivity contribution is 6.13. The van der Waals surface area contributed by atoms with Crippen LogP contribution in [0.1, 0.15) is 6.92 Å². The van der Waals surface area contributed by atoms with Crippen LogP contribution >= 0.6 is 12.4 Å². The molecule has 0 N–H and O–H groups in total. The van der Waals surface area contributed by atoms with Crippen LogP contribution in [0.25, 0.3) is 44.1 Å². The van der Waals surface area contributed by atoms with Crippen molar-refractivity contribution < 1.29 is 4.74 Å². The molecule has 0 spiro atoms. The number of ether oxygens (including phenoxy) is 1. The van der Waals surface area contributed by atoms with Crippen molar-refractivity contribution in [2.24, 2.45) is 0 Å². The molecule has 0 radical (unpaired) electrons. The van der Waals surface area contributed by atoms with Gasteiger partial charge in [-0.1, -0.05) is 42.5 Å². The third kappa shape index (κ3) is 3.60. The minimum atomic E-state index is 0. The second kappa shape index (κ2) is 8.52. The highest BCUT2D eigenvalue weighted by Crippen LogP contribution is 2.36. The number of benzene rings is 3. The molecule has 0 amide bonds. The van der Waals surface area contributed by atoms with Gasteiger partial charge in [0.1, 0.15) is 5.75 Å². The van der Waals surface area contributed by atoms with Crippen molar-refractivity contribution in [2.75, 3.05) is 6.61 Å². The van der Waals surface area contributed by atoms with E-state index in [2.05, 4.69) is 59.6 Å². The van der Waals surface area contributed by atoms with E-state index < -0.39 is 0 Å². The molecule has 30 heavy (non-hydrogen) atoms. The molecule has 3 nitrogen and oxygen atoms in total. The molecule has 4 heteroatoms. The Bertz CT molecular complexity index is 1300. The molecule has 0 aliphatic rings. The Kier molecular flexibility index (Phi) is 5.64. The lowest BCUT2D eigenvalue weighted by Gasteiger charge is -2.13. The molecule has 3 aromatic carbocycles. The molecule has 0 unspecified atom stereocenters. The van der Waals surface area contributed by atoms with Crippen molar-refractivity contribution in [3.63, 3.8) is 0 Å². The number of nitrogens with zero attached hydrogens (tertiary/aromatic N) is 2. The maximum Gasteiger partial charge on any atom is 0.119 e. The monoisotopic (exact) mass is 412 g/mol. The highest BCUT2D eigenvalue weighted by Gasteiger charge is 2.13. The number of hydrogen-bond acceptors (Lipinski definition) is 3. The van der Waals surface area contributed by atoms with E-state index in [0.29, 0.717) is 6.61 Å². The predicted octanol–water partition coefficient (Wildman–Crippen LogP) is 6.94. The normalized spacial score (nSPS) is 10.7. The van der Waals surface area contributed by atoms with E-state index in [1.165, 1.54) is 16.2 Å². The van der Waals surface area contributed by atoms with Crippen LogP contribution in [0.3, 0.4) is 0 Å². The molecule has 0 saturated heterocycles. The van der Waals surface area contributed by atoms with Gasteiger partial charge >= 0.3 is 0 Å². The van der Waals surface area contributed by atoms with Crippen molar-refractivity contribution >= 4 is 34.1 Å². The van der Waals surface area contributed by atoms with Crippen LogP contribution in [-0.4, -0.2) is 16.6 Å². The first-order valence-electron chi connectivity index (χ1n) is 9.79. The standard InChI is InChI=1S/C26H20N2O.ClH/c1-2-29-21-12-9-19(10-13-21)23-16-25(20-7-5-15-27-17-20)28-24-14-11-18-6-3-4-8-22(18)26(23)24;/h3-17H,2H2,1H3;1H. The Morgan fingerprint density at radius 3 is 2.43 bits per heavy atom. The van der Waals surface area contributed by atoms with Crippen molar-refractivity contribution in [1.82, 2.24) is 9.97 Å². The molecule has 2 heterocycles. The number of pyridine rings is 2. The number of hydrogen-bond donors (Lipinski definition) is 0. The Morgan fingerprint density at radius 1 is 0.833 bits per heavy atom. The zero-order valence-corrected chi connectivity index (χ0v) is 17.4. The van der Waals surface area contributed by atoms with E-state index in [0.717, 1.165) is 33.7 Å². The van der Waals surface area contributed by atoms with Crippen molar-refractivity contribution in [1.29, 1.82) is 0 Å². The number of rotatable bonds is 4. The largest absolute Gasteiger partial charge is 0.494 e. The smallest absolute Gasteiger partial charge is 0.119 e. The van der Waals surface area contributed by atoms with Crippen LogP contribution in [0.15, 0.2) is 91.3 Å². The van der Waals surface area contributed by atoms with Gasteiger partial charge in [0.2, 0.25) is 0 Å². The molecule has 0 aliphatic carbocycles. The molecule has 148 valence electrons. The van der Waals surface area contributed by atoms with E-state index in [1.807, 2.05) is 37.4 Å². The van der Waals surface area contributed by atoms with Gasteiger partial charge in [0, 0.05) is 23.3 Å². The minimum Gasteiger partial charge on any atom is -0.494 e. The molecular weight excluding hydrogens is 392 g/mol. The van der Waals surface area contributed by atoms with Gasteiger partial charge in [-0.2, -0.15) is 0 Å². The molecular formula is C26H21ClN2O. The fourth-order valence-corrected chi connectivity index (χ4v) is 3.79. The van der Waals surface area contributed by atoms with Gasteiger partial charge < -0.3 is 4.74 Å². The maximum absolute atomic E-state index is 5.63. The van der Waals surface area contributed by atoms with Crippen LogP contribution in [0.2, 0.25) is 0 Å². The number of fused-ring (bicyclic) bond motifs is 3. The zero-order chi connectivity index (χ0) is 19.6. The number of aromatic nitrogens is 2. The third-order valence-electron chi connectivity index (χ3n) is 5.13. The van der Waals surface area contributed by atoms with Gasteiger partial charge in [-0.15, -0.1) is 12.4 Å². The average Bonchev–Trinajstić information content (AvgIpc) is 2.79. The first-order chi connectivity index (χ1) is 14.3. The zero-order valence-electron chi connectivity index (χ0n) is 16.6. The summed E-state index contributed by atoms with van der Waals surface area (Å²) in [6, 6.07) is 27.2. The molecule has 0 saturated carbocycles. The second-order valence-electron chi connectivity index (χ2n) is 6.93. The Morgan fingerprint density at radius 2 is 1.67 bits per heavy atom. The molecule has 0 bridgehead atoms.